The van der Waals surface area contributed by atoms with E-state index in [9.17, 15) is 22.8 Å². The molecule has 0 radical (unpaired) electrons. The lowest BCUT2D eigenvalue weighted by atomic mass is 9.98. The summed E-state index contributed by atoms with van der Waals surface area (Å²) in [5.74, 6) is -1.86. The quantitative estimate of drug-likeness (QED) is 0.651. The summed E-state index contributed by atoms with van der Waals surface area (Å²) in [6, 6.07) is 13.6. The van der Waals surface area contributed by atoms with Crippen molar-refractivity contribution < 1.29 is 27.5 Å². The van der Waals surface area contributed by atoms with Crippen LogP contribution >= 0.6 is 0 Å². The van der Waals surface area contributed by atoms with Gasteiger partial charge in [0, 0.05) is 13.1 Å². The second kappa shape index (κ2) is 9.55. The first-order chi connectivity index (χ1) is 16.2. The van der Waals surface area contributed by atoms with Crippen molar-refractivity contribution in [2.45, 2.75) is 37.7 Å². The number of esters is 1. The van der Waals surface area contributed by atoms with Crippen LogP contribution in [0.3, 0.4) is 0 Å². The SMILES string of the molecule is Cc1ccc(S(=O)(=O)N2CCC(C(=O)O[C@@H](C)C(=O)N3CC(=O)Nc4ccccc43)CC2)cc1. The molecule has 1 atom stereocenters. The number of carbonyl (C=O) groups is 3. The molecule has 2 amide bonds. The molecule has 0 bridgehead atoms. The minimum absolute atomic E-state index is 0.160. The first-order valence-electron chi connectivity index (χ1n) is 11.1. The highest BCUT2D eigenvalue weighted by atomic mass is 32.2. The van der Waals surface area contributed by atoms with Crippen molar-refractivity contribution in [1.29, 1.82) is 0 Å². The molecular weight excluding hydrogens is 458 g/mol. The highest BCUT2D eigenvalue weighted by Crippen LogP contribution is 2.30. The molecule has 0 aliphatic carbocycles. The highest BCUT2D eigenvalue weighted by molar-refractivity contribution is 7.89. The lowest BCUT2D eigenvalue weighted by molar-refractivity contribution is -0.159. The molecule has 2 aromatic rings. The molecule has 0 unspecified atom stereocenters. The molecule has 4 rings (SSSR count). The molecular formula is C24H27N3O6S. The Morgan fingerprint density at radius 2 is 1.71 bits per heavy atom. The Balaban J connectivity index is 1.35. The van der Waals surface area contributed by atoms with Gasteiger partial charge in [-0.15, -0.1) is 0 Å². The van der Waals surface area contributed by atoms with Gasteiger partial charge < -0.3 is 10.1 Å². The topological polar surface area (TPSA) is 113 Å². The molecule has 2 aromatic carbocycles. The first-order valence-corrected chi connectivity index (χ1v) is 12.6. The van der Waals surface area contributed by atoms with Crippen LogP contribution in [0.15, 0.2) is 53.4 Å². The Morgan fingerprint density at radius 3 is 2.38 bits per heavy atom. The van der Waals surface area contributed by atoms with E-state index in [1.807, 2.05) is 6.92 Å². The van der Waals surface area contributed by atoms with Gasteiger partial charge in [0.05, 0.1) is 22.2 Å². The lowest BCUT2D eigenvalue weighted by Crippen LogP contribution is -2.47. The number of amides is 2. The third kappa shape index (κ3) is 4.83. The molecule has 10 heteroatoms. The molecule has 1 saturated heterocycles. The van der Waals surface area contributed by atoms with E-state index in [1.54, 1.807) is 48.5 Å². The van der Waals surface area contributed by atoms with Gasteiger partial charge in [-0.2, -0.15) is 4.31 Å². The Kier molecular flexibility index (Phi) is 6.72. The normalized spacial score (nSPS) is 18.1. The van der Waals surface area contributed by atoms with Crippen molar-refractivity contribution in [1.82, 2.24) is 4.31 Å². The number of ether oxygens (including phenoxy) is 1. The molecule has 9 nitrogen and oxygen atoms in total. The number of para-hydroxylation sites is 2. The van der Waals surface area contributed by atoms with Crippen molar-refractivity contribution in [2.24, 2.45) is 5.92 Å². The summed E-state index contributed by atoms with van der Waals surface area (Å²) in [5, 5.41) is 2.71. The van der Waals surface area contributed by atoms with E-state index in [-0.39, 0.29) is 30.4 Å². The zero-order valence-corrected chi connectivity index (χ0v) is 19.9. The smallest absolute Gasteiger partial charge is 0.309 e. The number of nitrogens with zero attached hydrogens (tertiary/aromatic N) is 2. The van der Waals surface area contributed by atoms with Crippen LogP contribution in [0, 0.1) is 12.8 Å². The second-order valence-corrected chi connectivity index (χ2v) is 10.5. The number of hydrogen-bond donors (Lipinski definition) is 1. The number of rotatable bonds is 5. The van der Waals surface area contributed by atoms with Crippen LogP contribution in [-0.4, -0.2) is 56.2 Å². The maximum Gasteiger partial charge on any atom is 0.309 e. The molecule has 2 aliphatic heterocycles. The van der Waals surface area contributed by atoms with Gasteiger partial charge in [-0.25, -0.2) is 8.42 Å². The number of aryl methyl sites for hydroxylation is 1. The zero-order chi connectivity index (χ0) is 24.5. The summed E-state index contributed by atoms with van der Waals surface area (Å²) in [7, 11) is -3.63. The summed E-state index contributed by atoms with van der Waals surface area (Å²) in [6.07, 6.45) is -0.472. The van der Waals surface area contributed by atoms with Gasteiger partial charge in [-0.1, -0.05) is 29.8 Å². The number of benzene rings is 2. The first kappa shape index (κ1) is 23.9. The minimum atomic E-state index is -3.63. The Morgan fingerprint density at radius 1 is 1.06 bits per heavy atom. The summed E-state index contributed by atoms with van der Waals surface area (Å²) in [6.45, 7) is 3.59. The van der Waals surface area contributed by atoms with E-state index in [0.29, 0.717) is 24.2 Å². The van der Waals surface area contributed by atoms with Crippen LogP contribution in [0.1, 0.15) is 25.3 Å². The summed E-state index contributed by atoms with van der Waals surface area (Å²) >= 11 is 0. The molecule has 0 spiro atoms. The van der Waals surface area contributed by atoms with Crippen molar-refractivity contribution in [3.8, 4) is 0 Å². The second-order valence-electron chi connectivity index (χ2n) is 8.56. The van der Waals surface area contributed by atoms with E-state index in [2.05, 4.69) is 5.32 Å². The Labute approximate surface area is 198 Å². The lowest BCUT2D eigenvalue weighted by Gasteiger charge is -2.32. The molecule has 2 aliphatic rings. The molecule has 180 valence electrons. The van der Waals surface area contributed by atoms with Crippen molar-refractivity contribution in [3.05, 3.63) is 54.1 Å². The maximum atomic E-state index is 13.0. The van der Waals surface area contributed by atoms with Gasteiger partial charge in [0.25, 0.3) is 5.91 Å². The van der Waals surface area contributed by atoms with Crippen LogP contribution in [0.2, 0.25) is 0 Å². The molecule has 0 saturated carbocycles. The average Bonchev–Trinajstić information content (AvgIpc) is 2.83. The molecule has 1 fully saturated rings. The monoisotopic (exact) mass is 485 g/mol. The fourth-order valence-corrected chi connectivity index (χ4v) is 5.63. The fourth-order valence-electron chi connectivity index (χ4n) is 4.16. The average molecular weight is 486 g/mol. The highest BCUT2D eigenvalue weighted by Gasteiger charge is 2.36. The standard InChI is InChI=1S/C24H27N3O6S/c1-16-7-9-19(10-8-16)34(31,32)26-13-11-18(12-14-26)24(30)33-17(2)23(29)27-15-22(28)25-20-5-3-4-6-21(20)27/h3-10,17-18H,11-15H2,1-2H3,(H,25,28)/t17-/m0/s1. The number of fused-ring (bicyclic) bond motifs is 1. The van der Waals surface area contributed by atoms with Crippen LogP contribution in [0.25, 0.3) is 0 Å². The van der Waals surface area contributed by atoms with Crippen LogP contribution in [0.4, 0.5) is 11.4 Å². The van der Waals surface area contributed by atoms with Crippen LogP contribution < -0.4 is 10.2 Å². The number of carbonyl (C=O) groups excluding carboxylic acids is 3. The maximum absolute atomic E-state index is 13.0. The van der Waals surface area contributed by atoms with Crippen LogP contribution in [-0.2, 0) is 29.1 Å². The predicted octanol–water partition coefficient (Wildman–Crippen LogP) is 2.31. The van der Waals surface area contributed by atoms with Gasteiger partial charge >= 0.3 is 5.97 Å². The van der Waals surface area contributed by atoms with E-state index in [0.717, 1.165) is 5.56 Å². The number of anilines is 2. The van der Waals surface area contributed by atoms with Crippen molar-refractivity contribution in [2.75, 3.05) is 29.9 Å². The van der Waals surface area contributed by atoms with Gasteiger partial charge in [0.2, 0.25) is 15.9 Å². The number of sulfonamides is 1. The number of nitrogens with one attached hydrogen (secondary N) is 1. The predicted molar refractivity (Wildman–Crippen MR) is 126 cm³/mol. The number of piperidine rings is 1. The Bertz CT molecular complexity index is 1200. The van der Waals surface area contributed by atoms with Gasteiger partial charge in [-0.3, -0.25) is 19.3 Å². The van der Waals surface area contributed by atoms with E-state index in [4.69, 9.17) is 4.74 Å². The largest absolute Gasteiger partial charge is 0.452 e. The minimum Gasteiger partial charge on any atom is -0.452 e. The summed E-state index contributed by atoms with van der Waals surface area (Å²) in [4.78, 5) is 39.2. The van der Waals surface area contributed by atoms with Crippen LogP contribution in [0.5, 0.6) is 0 Å². The summed E-state index contributed by atoms with van der Waals surface area (Å²) in [5.41, 5.74) is 2.04. The zero-order valence-electron chi connectivity index (χ0n) is 19.1. The fraction of sp³-hybridized carbons (Fsp3) is 0.375. The third-order valence-corrected chi connectivity index (χ3v) is 8.04. The molecule has 1 N–H and O–H groups in total. The Hall–Kier alpha value is -3.24. The van der Waals surface area contributed by atoms with E-state index < -0.39 is 33.9 Å². The van der Waals surface area contributed by atoms with Crippen molar-refractivity contribution in [3.63, 3.8) is 0 Å². The third-order valence-electron chi connectivity index (χ3n) is 6.12. The van der Waals surface area contributed by atoms with Gasteiger partial charge in [-0.05, 0) is 51.0 Å². The van der Waals surface area contributed by atoms with Crippen molar-refractivity contribution >= 4 is 39.2 Å². The summed E-state index contributed by atoms with van der Waals surface area (Å²) < 4.78 is 32.6. The van der Waals surface area contributed by atoms with E-state index in [1.165, 1.54) is 16.1 Å². The molecule has 0 aromatic heterocycles. The molecule has 2 heterocycles. The van der Waals surface area contributed by atoms with E-state index >= 15 is 0 Å². The molecule has 34 heavy (non-hydrogen) atoms. The van der Waals surface area contributed by atoms with Gasteiger partial charge in [0.1, 0.15) is 6.54 Å². The van der Waals surface area contributed by atoms with Gasteiger partial charge in [0.15, 0.2) is 6.10 Å². The number of hydrogen-bond acceptors (Lipinski definition) is 6.